The summed E-state index contributed by atoms with van der Waals surface area (Å²) < 4.78 is 12.0. The minimum absolute atomic E-state index is 0.0779. The van der Waals surface area contributed by atoms with Crippen molar-refractivity contribution in [3.05, 3.63) is 58.1 Å². The summed E-state index contributed by atoms with van der Waals surface area (Å²) in [5.41, 5.74) is 2.21. The largest absolute Gasteiger partial charge is 0.493 e. The lowest BCUT2D eigenvalue weighted by Gasteiger charge is -2.15. The molecule has 0 heterocycles. The quantitative estimate of drug-likeness (QED) is 0.447. The van der Waals surface area contributed by atoms with Gasteiger partial charge in [-0.2, -0.15) is 0 Å². The lowest BCUT2D eigenvalue weighted by Crippen LogP contribution is -2.89. The first-order valence-corrected chi connectivity index (χ1v) is 10.6. The Kier molecular flexibility index (Phi) is 9.97. The van der Waals surface area contributed by atoms with Gasteiger partial charge in [0.1, 0.15) is 12.6 Å². The van der Waals surface area contributed by atoms with Gasteiger partial charge >= 0.3 is 0 Å². The van der Waals surface area contributed by atoms with Crippen molar-refractivity contribution in [1.29, 1.82) is 0 Å². The normalized spacial score (nSPS) is 11.7. The zero-order chi connectivity index (χ0) is 21.1. The van der Waals surface area contributed by atoms with Gasteiger partial charge in [0.2, 0.25) is 0 Å². The van der Waals surface area contributed by atoms with Crippen LogP contribution in [0.1, 0.15) is 24.5 Å². The van der Waals surface area contributed by atoms with E-state index in [1.807, 2.05) is 42.5 Å². The van der Waals surface area contributed by atoms with E-state index in [2.05, 4.69) is 33.5 Å². The van der Waals surface area contributed by atoms with Crippen molar-refractivity contribution in [2.45, 2.75) is 32.4 Å². The van der Waals surface area contributed by atoms with Gasteiger partial charge in [0, 0.05) is 16.6 Å². The van der Waals surface area contributed by atoms with Crippen LogP contribution in [0, 0.1) is 0 Å². The molecule has 0 aliphatic heterocycles. The minimum Gasteiger partial charge on any atom is -0.493 e. The maximum Gasteiger partial charge on any atom is 0.257 e. The summed E-state index contributed by atoms with van der Waals surface area (Å²) in [6.07, 6.45) is 1.67. The summed E-state index contributed by atoms with van der Waals surface area (Å²) in [5, 5.41) is 14.3. The number of carbonyl (C=O) groups excluding carboxylic acids is 1. The van der Waals surface area contributed by atoms with Gasteiger partial charge in [-0.3, -0.25) is 4.79 Å². The van der Waals surface area contributed by atoms with E-state index in [9.17, 15) is 9.90 Å². The van der Waals surface area contributed by atoms with Crippen LogP contribution in [0.2, 0.25) is 0 Å². The van der Waals surface area contributed by atoms with Crippen LogP contribution < -0.4 is 20.1 Å². The molecule has 0 saturated heterocycles. The molecule has 1 amide bonds. The average Bonchev–Trinajstić information content (AvgIpc) is 2.74. The molecule has 158 valence electrons. The number of hydrogen-bond acceptors (Lipinski definition) is 4. The number of nitrogens with one attached hydrogen (secondary N) is 1. The molecule has 0 aliphatic rings. The van der Waals surface area contributed by atoms with Crippen molar-refractivity contribution in [3.8, 4) is 11.5 Å². The molecule has 2 aromatic rings. The van der Waals surface area contributed by atoms with E-state index in [0.29, 0.717) is 24.6 Å². The number of benzene rings is 2. The lowest BCUT2D eigenvalue weighted by atomic mass is 10.1. The fourth-order valence-corrected chi connectivity index (χ4v) is 3.34. The second kappa shape index (κ2) is 12.5. The van der Waals surface area contributed by atoms with Crippen molar-refractivity contribution in [2.75, 3.05) is 26.9 Å². The molecule has 0 fully saturated rings. The third-order valence-electron chi connectivity index (χ3n) is 4.70. The number of halogens is 1. The van der Waals surface area contributed by atoms with Gasteiger partial charge in [-0.25, -0.2) is 0 Å². The van der Waals surface area contributed by atoms with E-state index in [0.717, 1.165) is 22.9 Å². The number of methoxy groups -OCH3 is 1. The van der Waals surface area contributed by atoms with Crippen LogP contribution in [0.4, 0.5) is 0 Å². The zero-order valence-electron chi connectivity index (χ0n) is 17.0. The van der Waals surface area contributed by atoms with Crippen LogP contribution >= 0.6 is 15.9 Å². The summed E-state index contributed by atoms with van der Waals surface area (Å²) in [7, 11) is 1.58. The van der Waals surface area contributed by atoms with Crippen LogP contribution in [0.15, 0.2) is 46.9 Å². The summed E-state index contributed by atoms with van der Waals surface area (Å²) in [6, 6.07) is 13.9. The Labute approximate surface area is 180 Å². The molecule has 0 saturated carbocycles. The SMILES string of the molecule is CC[C@H](CO)[NH2+]Cc1cc(OC)c(OCC(=O)NCCc2ccccc2)cc1Br. The summed E-state index contributed by atoms with van der Waals surface area (Å²) >= 11 is 3.56. The third kappa shape index (κ3) is 7.68. The number of hydrogen-bond donors (Lipinski definition) is 3. The Morgan fingerprint density at radius 3 is 2.66 bits per heavy atom. The van der Waals surface area contributed by atoms with Crippen LogP contribution in [0.3, 0.4) is 0 Å². The Morgan fingerprint density at radius 2 is 2.00 bits per heavy atom. The monoisotopic (exact) mass is 465 g/mol. The molecular weight excluding hydrogens is 436 g/mol. The highest BCUT2D eigenvalue weighted by molar-refractivity contribution is 9.10. The second-order valence-corrected chi connectivity index (χ2v) is 7.61. The van der Waals surface area contributed by atoms with Crippen LogP contribution in [0.25, 0.3) is 0 Å². The molecule has 0 bridgehead atoms. The first-order chi connectivity index (χ1) is 14.1. The number of aliphatic hydroxyl groups is 1. The highest BCUT2D eigenvalue weighted by atomic mass is 79.9. The van der Waals surface area contributed by atoms with Crippen molar-refractivity contribution in [2.24, 2.45) is 0 Å². The van der Waals surface area contributed by atoms with Gasteiger partial charge in [0.15, 0.2) is 18.1 Å². The van der Waals surface area contributed by atoms with E-state index in [4.69, 9.17) is 9.47 Å². The fraction of sp³-hybridized carbons (Fsp3) is 0.409. The Balaban J connectivity index is 1.87. The molecule has 7 heteroatoms. The minimum atomic E-state index is -0.176. The molecule has 6 nitrogen and oxygen atoms in total. The van der Waals surface area contributed by atoms with Gasteiger partial charge in [0.25, 0.3) is 5.91 Å². The summed E-state index contributed by atoms with van der Waals surface area (Å²) in [5.74, 6) is 0.909. The molecule has 2 rings (SSSR count). The average molecular weight is 466 g/mol. The first-order valence-electron chi connectivity index (χ1n) is 9.81. The van der Waals surface area contributed by atoms with E-state index < -0.39 is 0 Å². The maximum absolute atomic E-state index is 12.1. The highest BCUT2D eigenvalue weighted by Crippen LogP contribution is 2.33. The van der Waals surface area contributed by atoms with Crippen molar-refractivity contribution < 1.29 is 24.7 Å². The predicted octanol–water partition coefficient (Wildman–Crippen LogP) is 2.03. The summed E-state index contributed by atoms with van der Waals surface area (Å²) in [4.78, 5) is 12.1. The molecule has 0 unspecified atom stereocenters. The van der Waals surface area contributed by atoms with Gasteiger partial charge in [-0.1, -0.05) is 53.2 Å². The predicted molar refractivity (Wildman–Crippen MR) is 116 cm³/mol. The number of quaternary nitrogens is 1. The van der Waals surface area contributed by atoms with Gasteiger partial charge in [-0.05, 0) is 30.5 Å². The Morgan fingerprint density at radius 1 is 1.24 bits per heavy atom. The molecule has 29 heavy (non-hydrogen) atoms. The Hall–Kier alpha value is -2.09. The number of nitrogens with two attached hydrogens (primary N) is 1. The van der Waals surface area contributed by atoms with Crippen molar-refractivity contribution >= 4 is 21.8 Å². The van der Waals surface area contributed by atoms with E-state index in [1.54, 1.807) is 7.11 Å². The molecule has 0 aromatic heterocycles. The molecular formula is C22H30BrN2O4+. The zero-order valence-corrected chi connectivity index (χ0v) is 18.6. The second-order valence-electron chi connectivity index (χ2n) is 6.76. The van der Waals surface area contributed by atoms with Crippen LogP contribution in [-0.2, 0) is 17.8 Å². The lowest BCUT2D eigenvalue weighted by molar-refractivity contribution is -0.706. The van der Waals surface area contributed by atoms with Crippen molar-refractivity contribution in [1.82, 2.24) is 5.32 Å². The van der Waals surface area contributed by atoms with Gasteiger partial charge in [0.05, 0.1) is 13.7 Å². The van der Waals surface area contributed by atoms with E-state index in [1.165, 1.54) is 5.56 Å². The number of aliphatic hydroxyl groups excluding tert-OH is 1. The fourth-order valence-electron chi connectivity index (χ4n) is 2.86. The summed E-state index contributed by atoms with van der Waals surface area (Å²) in [6.45, 7) is 3.38. The molecule has 0 spiro atoms. The number of carbonyl (C=O) groups is 1. The highest BCUT2D eigenvalue weighted by Gasteiger charge is 2.15. The molecule has 4 N–H and O–H groups in total. The standard InChI is InChI=1S/C22H29BrN2O4/c1-3-18(14-26)25-13-17-11-20(28-2)21(12-19(17)23)29-15-22(27)24-10-9-16-7-5-4-6-8-16/h4-8,11-12,18,25-26H,3,9-10,13-15H2,1-2H3,(H,24,27)/p+1/t18-/m1/s1. The topological polar surface area (TPSA) is 84.4 Å². The van der Waals surface area contributed by atoms with E-state index >= 15 is 0 Å². The Bertz CT molecular complexity index is 767. The number of rotatable bonds is 12. The van der Waals surface area contributed by atoms with Crippen molar-refractivity contribution in [3.63, 3.8) is 0 Å². The molecule has 0 radical (unpaired) electrons. The van der Waals surface area contributed by atoms with Gasteiger partial charge < -0.3 is 25.2 Å². The number of amides is 1. The van der Waals surface area contributed by atoms with Gasteiger partial charge in [-0.15, -0.1) is 0 Å². The number of ether oxygens (including phenoxy) is 2. The third-order valence-corrected chi connectivity index (χ3v) is 5.44. The maximum atomic E-state index is 12.1. The first kappa shape index (κ1) is 23.2. The van der Waals surface area contributed by atoms with E-state index in [-0.39, 0.29) is 25.2 Å². The molecule has 1 atom stereocenters. The molecule has 2 aromatic carbocycles. The molecule has 0 aliphatic carbocycles. The van der Waals surface area contributed by atoms with Crippen LogP contribution in [0.5, 0.6) is 11.5 Å². The smallest absolute Gasteiger partial charge is 0.257 e. The van der Waals surface area contributed by atoms with Crippen LogP contribution in [-0.4, -0.2) is 43.9 Å².